The van der Waals surface area contributed by atoms with Gasteiger partial charge in [0.15, 0.2) is 0 Å². The van der Waals surface area contributed by atoms with Gasteiger partial charge in [0.05, 0.1) is 0 Å². The van der Waals surface area contributed by atoms with E-state index in [-0.39, 0.29) is 6.09 Å². The topological polar surface area (TPSA) is 29.5 Å². The third kappa shape index (κ3) is 3.30. The van der Waals surface area contributed by atoms with Crippen LogP contribution in [0.15, 0.2) is 22.7 Å². The number of ether oxygens (including phenoxy) is 1. The predicted molar refractivity (Wildman–Crippen MR) is 94.7 cm³/mol. The van der Waals surface area contributed by atoms with Gasteiger partial charge in [-0.25, -0.2) is 4.79 Å². The number of carbonyl (C=O) groups is 1. The van der Waals surface area contributed by atoms with Gasteiger partial charge in [0.25, 0.3) is 0 Å². The van der Waals surface area contributed by atoms with Gasteiger partial charge in [0, 0.05) is 27.1 Å². The number of fused-ring (bicyclic) bond motifs is 3. The summed E-state index contributed by atoms with van der Waals surface area (Å²) >= 11 is 5.38. The molecule has 22 heavy (non-hydrogen) atoms. The van der Waals surface area contributed by atoms with E-state index >= 15 is 0 Å². The minimum atomic E-state index is -0.437. The number of hydrogen-bond donors (Lipinski definition) is 0. The minimum Gasteiger partial charge on any atom is -0.444 e. The van der Waals surface area contributed by atoms with Crippen molar-refractivity contribution in [2.24, 2.45) is 0 Å². The van der Waals surface area contributed by atoms with Crippen LogP contribution >= 0.6 is 27.3 Å². The summed E-state index contributed by atoms with van der Waals surface area (Å²) in [5.74, 6) is 0. The van der Waals surface area contributed by atoms with Crippen LogP contribution in [0.1, 0.15) is 31.2 Å². The van der Waals surface area contributed by atoms with E-state index in [2.05, 4.69) is 34.1 Å². The van der Waals surface area contributed by atoms with E-state index in [0.717, 1.165) is 30.4 Å². The van der Waals surface area contributed by atoms with Crippen molar-refractivity contribution >= 4 is 43.4 Å². The number of rotatable bonds is 0. The van der Waals surface area contributed by atoms with E-state index in [1.165, 1.54) is 20.5 Å². The lowest BCUT2D eigenvalue weighted by atomic mass is 10.1. The Morgan fingerprint density at radius 3 is 2.73 bits per heavy atom. The maximum absolute atomic E-state index is 12.2. The summed E-state index contributed by atoms with van der Waals surface area (Å²) in [6.07, 6.45) is 1.61. The van der Waals surface area contributed by atoms with Gasteiger partial charge in [-0.1, -0.05) is 22.0 Å². The standard InChI is InChI=1S/C17H20BrNO2S/c1-17(2,3)21-16(20)19-8-6-13-12-5-4-11(18)10-15(12)22-14(13)7-9-19/h4-5,10H,6-9H2,1-3H3. The lowest BCUT2D eigenvalue weighted by Gasteiger charge is -2.26. The number of benzene rings is 1. The van der Waals surface area contributed by atoms with Gasteiger partial charge in [-0.15, -0.1) is 11.3 Å². The monoisotopic (exact) mass is 381 g/mol. The first-order chi connectivity index (χ1) is 10.3. The molecule has 3 rings (SSSR count). The minimum absolute atomic E-state index is 0.199. The molecule has 1 aromatic carbocycles. The quantitative estimate of drug-likeness (QED) is 0.642. The first-order valence-corrected chi connectivity index (χ1v) is 9.12. The highest BCUT2D eigenvalue weighted by molar-refractivity contribution is 9.10. The molecule has 1 aliphatic heterocycles. The van der Waals surface area contributed by atoms with Crippen LogP contribution in [0.2, 0.25) is 0 Å². The largest absolute Gasteiger partial charge is 0.444 e. The van der Waals surface area contributed by atoms with Crippen molar-refractivity contribution in [3.63, 3.8) is 0 Å². The first kappa shape index (κ1) is 15.8. The van der Waals surface area contributed by atoms with Crippen molar-refractivity contribution in [3.8, 4) is 0 Å². The Balaban J connectivity index is 1.80. The Hall–Kier alpha value is -1.07. The summed E-state index contributed by atoms with van der Waals surface area (Å²) in [6, 6.07) is 6.45. The Labute approximate surface area is 143 Å². The second-order valence-corrected chi connectivity index (χ2v) is 8.66. The van der Waals surface area contributed by atoms with Crippen LogP contribution in [0.4, 0.5) is 4.79 Å². The number of nitrogens with zero attached hydrogens (tertiary/aromatic N) is 1. The molecule has 118 valence electrons. The Morgan fingerprint density at radius 2 is 2.00 bits per heavy atom. The molecule has 0 N–H and O–H groups in total. The third-order valence-corrected chi connectivity index (χ3v) is 5.48. The zero-order valence-electron chi connectivity index (χ0n) is 13.1. The van der Waals surface area contributed by atoms with Crippen molar-refractivity contribution in [1.82, 2.24) is 4.90 Å². The van der Waals surface area contributed by atoms with E-state index in [4.69, 9.17) is 4.74 Å². The van der Waals surface area contributed by atoms with Gasteiger partial charge >= 0.3 is 6.09 Å². The van der Waals surface area contributed by atoms with Crippen LogP contribution in [0, 0.1) is 0 Å². The molecular formula is C17H20BrNO2S. The molecule has 1 aromatic heterocycles. The van der Waals surface area contributed by atoms with Crippen LogP contribution in [-0.4, -0.2) is 29.7 Å². The molecule has 0 bridgehead atoms. The second-order valence-electron chi connectivity index (χ2n) is 6.61. The number of amides is 1. The van der Waals surface area contributed by atoms with Crippen LogP contribution < -0.4 is 0 Å². The highest BCUT2D eigenvalue weighted by Gasteiger charge is 2.25. The smallest absolute Gasteiger partial charge is 0.410 e. The van der Waals surface area contributed by atoms with Crippen LogP contribution in [0.5, 0.6) is 0 Å². The van der Waals surface area contributed by atoms with Crippen molar-refractivity contribution in [2.75, 3.05) is 13.1 Å². The molecule has 0 radical (unpaired) electrons. The van der Waals surface area contributed by atoms with Gasteiger partial charge in [0.1, 0.15) is 5.60 Å². The summed E-state index contributed by atoms with van der Waals surface area (Å²) in [7, 11) is 0. The van der Waals surface area contributed by atoms with Crippen molar-refractivity contribution in [2.45, 2.75) is 39.2 Å². The number of halogens is 1. The Bertz CT molecular complexity index is 717. The molecule has 0 saturated carbocycles. The molecule has 1 aliphatic rings. The third-order valence-electron chi connectivity index (χ3n) is 3.73. The van der Waals surface area contributed by atoms with Gasteiger partial charge in [-0.3, -0.25) is 0 Å². The first-order valence-electron chi connectivity index (χ1n) is 7.51. The number of carbonyl (C=O) groups excluding carboxylic acids is 1. The van der Waals surface area contributed by atoms with E-state index in [1.807, 2.05) is 37.0 Å². The summed E-state index contributed by atoms with van der Waals surface area (Å²) in [4.78, 5) is 15.5. The number of thiophene rings is 1. The molecule has 0 spiro atoms. The lowest BCUT2D eigenvalue weighted by Crippen LogP contribution is -2.38. The summed E-state index contributed by atoms with van der Waals surface area (Å²) < 4.78 is 7.94. The van der Waals surface area contributed by atoms with Crippen molar-refractivity contribution in [1.29, 1.82) is 0 Å². The molecule has 0 aliphatic carbocycles. The SMILES string of the molecule is CC(C)(C)OC(=O)N1CCc2sc3cc(Br)ccc3c2CC1. The van der Waals surface area contributed by atoms with E-state index in [1.54, 1.807) is 0 Å². The maximum Gasteiger partial charge on any atom is 0.410 e. The molecule has 0 fully saturated rings. The van der Waals surface area contributed by atoms with Crippen molar-refractivity contribution < 1.29 is 9.53 Å². The zero-order valence-corrected chi connectivity index (χ0v) is 15.5. The van der Waals surface area contributed by atoms with Gasteiger partial charge in [-0.2, -0.15) is 0 Å². The highest BCUT2D eigenvalue weighted by Crippen LogP contribution is 2.35. The van der Waals surface area contributed by atoms with E-state index in [9.17, 15) is 4.79 Å². The van der Waals surface area contributed by atoms with Crippen LogP contribution in [-0.2, 0) is 17.6 Å². The molecule has 2 heterocycles. The molecule has 3 nitrogen and oxygen atoms in total. The van der Waals surface area contributed by atoms with E-state index in [0.29, 0.717) is 0 Å². The molecule has 2 aromatic rings. The van der Waals surface area contributed by atoms with Gasteiger partial charge in [-0.05, 0) is 56.7 Å². The fourth-order valence-electron chi connectivity index (χ4n) is 2.75. The Kier molecular flexibility index (Phi) is 4.21. The molecule has 0 unspecified atom stereocenters. The fraction of sp³-hybridized carbons (Fsp3) is 0.471. The second kappa shape index (κ2) is 5.85. The van der Waals surface area contributed by atoms with Gasteiger partial charge < -0.3 is 9.64 Å². The maximum atomic E-state index is 12.2. The average molecular weight is 382 g/mol. The normalized spacial score (nSPS) is 15.5. The summed E-state index contributed by atoms with van der Waals surface area (Å²) in [5.41, 5.74) is 0.964. The summed E-state index contributed by atoms with van der Waals surface area (Å²) in [5, 5.41) is 1.33. The fourth-order valence-corrected chi connectivity index (χ4v) is 4.55. The highest BCUT2D eigenvalue weighted by atomic mass is 79.9. The molecule has 0 saturated heterocycles. The Morgan fingerprint density at radius 1 is 1.27 bits per heavy atom. The van der Waals surface area contributed by atoms with Crippen LogP contribution in [0.3, 0.4) is 0 Å². The molecule has 0 atom stereocenters. The van der Waals surface area contributed by atoms with E-state index < -0.39 is 5.60 Å². The molecule has 1 amide bonds. The van der Waals surface area contributed by atoms with Crippen LogP contribution in [0.25, 0.3) is 10.1 Å². The molecule has 5 heteroatoms. The zero-order chi connectivity index (χ0) is 15.9. The lowest BCUT2D eigenvalue weighted by molar-refractivity contribution is 0.0259. The van der Waals surface area contributed by atoms with Gasteiger partial charge in [0.2, 0.25) is 0 Å². The van der Waals surface area contributed by atoms with Crippen molar-refractivity contribution in [3.05, 3.63) is 33.1 Å². The predicted octanol–water partition coefficient (Wildman–Crippen LogP) is 5.00. The number of hydrogen-bond acceptors (Lipinski definition) is 3. The summed E-state index contributed by atoms with van der Waals surface area (Å²) in [6.45, 7) is 7.18. The average Bonchev–Trinajstić information content (AvgIpc) is 2.60. The molecular weight excluding hydrogens is 362 g/mol.